The first-order valence-corrected chi connectivity index (χ1v) is 6.30. The molecule has 0 aliphatic carbocycles. The second-order valence-electron chi connectivity index (χ2n) is 4.87. The highest BCUT2D eigenvalue weighted by Gasteiger charge is 2.27. The number of benzene rings is 1. The molecule has 90 valence electrons. The summed E-state index contributed by atoms with van der Waals surface area (Å²) in [6.07, 6.45) is 0.766. The molecule has 0 amide bonds. The summed E-state index contributed by atoms with van der Waals surface area (Å²) in [6, 6.07) is 4.95. The first-order chi connectivity index (χ1) is 7.39. The Labute approximate surface area is 107 Å². The molecule has 0 aliphatic rings. The van der Waals surface area contributed by atoms with E-state index in [1.54, 1.807) is 6.07 Å². The van der Waals surface area contributed by atoms with Crippen molar-refractivity contribution in [1.29, 1.82) is 0 Å². The Kier molecular flexibility index (Phi) is 4.63. The van der Waals surface area contributed by atoms with Gasteiger partial charge < -0.3 is 0 Å². The molecule has 0 nitrogen and oxygen atoms in total. The molecule has 0 bridgehead atoms. The van der Waals surface area contributed by atoms with Crippen LogP contribution < -0.4 is 0 Å². The van der Waals surface area contributed by atoms with Gasteiger partial charge in [0.25, 0.3) is 0 Å². The fourth-order valence-electron chi connectivity index (χ4n) is 1.52. The molecular formula is C13H17Cl2F. The van der Waals surface area contributed by atoms with Gasteiger partial charge in [-0.05, 0) is 35.4 Å². The SMILES string of the molecule is CC(C)C(C)(CCl)Cc1ccc(Cl)c(F)c1. The maximum Gasteiger partial charge on any atom is 0.142 e. The number of hydrogen-bond acceptors (Lipinski definition) is 0. The number of alkyl halides is 1. The van der Waals surface area contributed by atoms with Gasteiger partial charge in [-0.15, -0.1) is 11.6 Å². The first-order valence-electron chi connectivity index (χ1n) is 5.39. The lowest BCUT2D eigenvalue weighted by Gasteiger charge is -2.31. The lowest BCUT2D eigenvalue weighted by molar-refractivity contribution is 0.253. The van der Waals surface area contributed by atoms with Crippen LogP contribution in [0.15, 0.2) is 18.2 Å². The smallest absolute Gasteiger partial charge is 0.142 e. The Morgan fingerprint density at radius 1 is 1.38 bits per heavy atom. The molecule has 0 saturated heterocycles. The lowest BCUT2D eigenvalue weighted by atomic mass is 9.76. The van der Waals surface area contributed by atoms with Crippen LogP contribution in [0.5, 0.6) is 0 Å². The zero-order chi connectivity index (χ0) is 12.3. The van der Waals surface area contributed by atoms with Crippen LogP contribution in [0.4, 0.5) is 4.39 Å². The molecule has 1 rings (SSSR count). The first kappa shape index (κ1) is 13.8. The van der Waals surface area contributed by atoms with Crippen molar-refractivity contribution in [2.75, 3.05) is 5.88 Å². The zero-order valence-corrected chi connectivity index (χ0v) is 11.4. The van der Waals surface area contributed by atoms with E-state index in [4.69, 9.17) is 23.2 Å². The van der Waals surface area contributed by atoms with Crippen LogP contribution in [0.3, 0.4) is 0 Å². The average molecular weight is 263 g/mol. The highest BCUT2D eigenvalue weighted by atomic mass is 35.5. The van der Waals surface area contributed by atoms with Crippen LogP contribution in [0.1, 0.15) is 26.3 Å². The Morgan fingerprint density at radius 2 is 2.00 bits per heavy atom. The van der Waals surface area contributed by atoms with Crippen LogP contribution >= 0.6 is 23.2 Å². The molecular weight excluding hydrogens is 246 g/mol. The summed E-state index contributed by atoms with van der Waals surface area (Å²) >= 11 is 11.7. The van der Waals surface area contributed by atoms with Crippen LogP contribution in [0, 0.1) is 17.2 Å². The third kappa shape index (κ3) is 3.11. The molecule has 1 unspecified atom stereocenters. The normalized spacial score (nSPS) is 15.2. The number of hydrogen-bond donors (Lipinski definition) is 0. The summed E-state index contributed by atoms with van der Waals surface area (Å²) in [5, 5.41) is 0.167. The van der Waals surface area contributed by atoms with E-state index in [9.17, 15) is 4.39 Å². The summed E-state index contributed by atoms with van der Waals surface area (Å²) in [6.45, 7) is 6.39. The predicted molar refractivity (Wildman–Crippen MR) is 68.8 cm³/mol. The van der Waals surface area contributed by atoms with Crippen LogP contribution in [0.25, 0.3) is 0 Å². The third-order valence-electron chi connectivity index (χ3n) is 3.29. The minimum Gasteiger partial charge on any atom is -0.205 e. The van der Waals surface area contributed by atoms with Gasteiger partial charge in [-0.25, -0.2) is 4.39 Å². The summed E-state index contributed by atoms with van der Waals surface area (Å²) in [4.78, 5) is 0. The van der Waals surface area contributed by atoms with Gasteiger partial charge in [-0.3, -0.25) is 0 Å². The highest BCUT2D eigenvalue weighted by molar-refractivity contribution is 6.30. The quantitative estimate of drug-likeness (QED) is 0.676. The third-order valence-corrected chi connectivity index (χ3v) is 4.21. The Bertz CT molecular complexity index is 363. The van der Waals surface area contributed by atoms with Crippen molar-refractivity contribution in [2.24, 2.45) is 11.3 Å². The van der Waals surface area contributed by atoms with Crippen molar-refractivity contribution < 1.29 is 4.39 Å². The van der Waals surface area contributed by atoms with E-state index < -0.39 is 0 Å². The predicted octanol–water partition coefficient (Wildman–Crippen LogP) is 4.92. The van der Waals surface area contributed by atoms with E-state index in [0.29, 0.717) is 11.8 Å². The molecule has 0 spiro atoms. The molecule has 1 atom stereocenters. The van der Waals surface area contributed by atoms with Crippen LogP contribution in [-0.4, -0.2) is 5.88 Å². The van der Waals surface area contributed by atoms with Gasteiger partial charge >= 0.3 is 0 Å². The molecule has 0 radical (unpaired) electrons. The molecule has 0 N–H and O–H groups in total. The van der Waals surface area contributed by atoms with Gasteiger partial charge in [0.2, 0.25) is 0 Å². The van der Waals surface area contributed by atoms with E-state index in [1.165, 1.54) is 6.07 Å². The van der Waals surface area contributed by atoms with Gasteiger partial charge in [-0.2, -0.15) is 0 Å². The molecule has 0 saturated carbocycles. The van der Waals surface area contributed by atoms with Gasteiger partial charge in [-0.1, -0.05) is 38.4 Å². The van der Waals surface area contributed by atoms with Crippen molar-refractivity contribution in [1.82, 2.24) is 0 Å². The minimum absolute atomic E-state index is 0.0121. The maximum atomic E-state index is 13.3. The van der Waals surface area contributed by atoms with Crippen molar-refractivity contribution in [3.05, 3.63) is 34.6 Å². The second kappa shape index (κ2) is 5.37. The van der Waals surface area contributed by atoms with Gasteiger partial charge in [0.15, 0.2) is 0 Å². The highest BCUT2D eigenvalue weighted by Crippen LogP contribution is 2.33. The molecule has 1 aromatic rings. The van der Waals surface area contributed by atoms with Crippen molar-refractivity contribution >= 4 is 23.2 Å². The second-order valence-corrected chi connectivity index (χ2v) is 5.54. The van der Waals surface area contributed by atoms with E-state index in [2.05, 4.69) is 20.8 Å². The number of rotatable bonds is 4. The van der Waals surface area contributed by atoms with Crippen molar-refractivity contribution in [2.45, 2.75) is 27.2 Å². The minimum atomic E-state index is -0.361. The summed E-state index contributed by atoms with van der Waals surface area (Å²) in [5.74, 6) is 0.651. The summed E-state index contributed by atoms with van der Waals surface area (Å²) < 4.78 is 13.3. The monoisotopic (exact) mass is 262 g/mol. The Balaban J connectivity index is 2.90. The Hall–Kier alpha value is -0.270. The molecule has 0 heterocycles. The summed E-state index contributed by atoms with van der Waals surface area (Å²) in [7, 11) is 0. The van der Waals surface area contributed by atoms with Gasteiger partial charge in [0.1, 0.15) is 5.82 Å². The Morgan fingerprint density at radius 3 is 2.44 bits per heavy atom. The number of halogens is 3. The molecule has 16 heavy (non-hydrogen) atoms. The molecule has 0 aliphatic heterocycles. The molecule has 0 aromatic heterocycles. The van der Waals surface area contributed by atoms with Crippen molar-refractivity contribution in [3.63, 3.8) is 0 Å². The standard InChI is InChI=1S/C13H17Cl2F/c1-9(2)13(3,8-14)7-10-4-5-11(15)12(16)6-10/h4-6,9H,7-8H2,1-3H3. The van der Waals surface area contributed by atoms with E-state index in [-0.39, 0.29) is 16.3 Å². The van der Waals surface area contributed by atoms with Crippen molar-refractivity contribution in [3.8, 4) is 0 Å². The van der Waals surface area contributed by atoms with E-state index >= 15 is 0 Å². The van der Waals surface area contributed by atoms with Crippen LogP contribution in [0.2, 0.25) is 5.02 Å². The molecule has 0 fully saturated rings. The van der Waals surface area contributed by atoms with Crippen LogP contribution in [-0.2, 0) is 6.42 Å². The molecule has 1 aromatic carbocycles. The lowest BCUT2D eigenvalue weighted by Crippen LogP contribution is -2.28. The largest absolute Gasteiger partial charge is 0.205 e. The average Bonchev–Trinajstić information content (AvgIpc) is 2.23. The zero-order valence-electron chi connectivity index (χ0n) is 9.86. The summed E-state index contributed by atoms with van der Waals surface area (Å²) in [5.41, 5.74) is 0.931. The van der Waals surface area contributed by atoms with Gasteiger partial charge in [0, 0.05) is 5.88 Å². The fourth-order valence-corrected chi connectivity index (χ4v) is 2.04. The maximum absolute atomic E-state index is 13.3. The van der Waals surface area contributed by atoms with Gasteiger partial charge in [0.05, 0.1) is 5.02 Å². The topological polar surface area (TPSA) is 0 Å². The van der Waals surface area contributed by atoms with E-state index in [0.717, 1.165) is 12.0 Å². The molecule has 3 heteroatoms. The van der Waals surface area contributed by atoms with E-state index in [1.807, 2.05) is 6.07 Å². The fraction of sp³-hybridized carbons (Fsp3) is 0.538.